The third-order valence-electron chi connectivity index (χ3n) is 5.74. The fraction of sp³-hybridized carbons (Fsp3) is 0.333. The lowest BCUT2D eigenvalue weighted by Crippen LogP contribution is -2.42. The lowest BCUT2D eigenvalue weighted by Gasteiger charge is -2.26. The molecule has 1 atom stereocenters. The molecule has 164 valence electrons. The summed E-state index contributed by atoms with van der Waals surface area (Å²) in [6.07, 6.45) is 5.16. The average Bonchev–Trinajstić information content (AvgIpc) is 3.07. The molecule has 1 unspecified atom stereocenters. The molecular weight excluding hydrogens is 404 g/mol. The van der Waals surface area contributed by atoms with Crippen LogP contribution in [0.2, 0.25) is 0 Å². The van der Waals surface area contributed by atoms with Crippen molar-refractivity contribution in [2.24, 2.45) is 0 Å². The van der Waals surface area contributed by atoms with Crippen molar-refractivity contribution in [3.63, 3.8) is 0 Å². The van der Waals surface area contributed by atoms with E-state index in [2.05, 4.69) is 32.5 Å². The molecule has 3 aromatic heterocycles. The number of rotatable bonds is 2. The molecule has 8 heteroatoms. The van der Waals surface area contributed by atoms with Gasteiger partial charge in [-0.05, 0) is 51.3 Å². The molecule has 0 spiro atoms. The number of alkyl carbamates (subject to hydrolysis) is 1. The smallest absolute Gasteiger partial charge is 0.407 e. The number of benzene rings is 1. The van der Waals surface area contributed by atoms with Crippen molar-refractivity contribution in [1.82, 2.24) is 24.9 Å². The Bertz CT molecular complexity index is 1340. The van der Waals surface area contributed by atoms with Crippen molar-refractivity contribution in [1.29, 1.82) is 0 Å². The Balaban J connectivity index is 1.57. The van der Waals surface area contributed by atoms with Crippen LogP contribution in [0.15, 0.2) is 42.9 Å². The number of nitrogens with two attached hydrogens (primary N) is 1. The van der Waals surface area contributed by atoms with Gasteiger partial charge in [-0.15, -0.1) is 0 Å². The average molecular weight is 431 g/mol. The van der Waals surface area contributed by atoms with Crippen LogP contribution in [0.1, 0.15) is 38.4 Å². The van der Waals surface area contributed by atoms with Crippen LogP contribution >= 0.6 is 0 Å². The largest absolute Gasteiger partial charge is 0.444 e. The quantitative estimate of drug-likeness (QED) is 0.499. The minimum absolute atomic E-state index is 0.0470. The maximum atomic E-state index is 12.3. The van der Waals surface area contributed by atoms with Gasteiger partial charge >= 0.3 is 6.09 Å². The third kappa shape index (κ3) is 3.62. The first kappa shape index (κ1) is 20.2. The van der Waals surface area contributed by atoms with Crippen molar-refractivity contribution in [3.8, 4) is 11.1 Å². The van der Waals surface area contributed by atoms with E-state index >= 15 is 0 Å². The minimum Gasteiger partial charge on any atom is -0.444 e. The Labute approximate surface area is 185 Å². The summed E-state index contributed by atoms with van der Waals surface area (Å²) in [7, 11) is 0. The topological polar surface area (TPSA) is 107 Å². The first-order chi connectivity index (χ1) is 15.3. The SMILES string of the molecule is CC(C)(C)OC(=O)NC1CCc2c(-c3cnc4ccccc4c3)c3c(N)ncnn3c2C1. The van der Waals surface area contributed by atoms with Crippen LogP contribution in [-0.2, 0) is 17.6 Å². The van der Waals surface area contributed by atoms with Gasteiger partial charge in [0.1, 0.15) is 17.4 Å². The van der Waals surface area contributed by atoms with Crippen LogP contribution in [0.4, 0.5) is 10.6 Å². The second kappa shape index (κ2) is 7.47. The number of fused-ring (bicyclic) bond motifs is 4. The predicted molar refractivity (Wildman–Crippen MR) is 123 cm³/mol. The molecule has 3 heterocycles. The summed E-state index contributed by atoms with van der Waals surface area (Å²) in [5.41, 5.74) is 11.7. The number of pyridine rings is 1. The zero-order valence-corrected chi connectivity index (χ0v) is 18.4. The summed E-state index contributed by atoms with van der Waals surface area (Å²) in [4.78, 5) is 21.2. The monoisotopic (exact) mass is 430 g/mol. The molecule has 1 aliphatic rings. The van der Waals surface area contributed by atoms with E-state index in [1.165, 1.54) is 11.9 Å². The van der Waals surface area contributed by atoms with Gasteiger partial charge in [0.25, 0.3) is 0 Å². The number of hydrogen-bond acceptors (Lipinski definition) is 6. The van der Waals surface area contributed by atoms with Crippen LogP contribution in [0.25, 0.3) is 27.5 Å². The Morgan fingerprint density at radius 2 is 2.06 bits per heavy atom. The van der Waals surface area contributed by atoms with Crippen LogP contribution in [-0.4, -0.2) is 37.3 Å². The molecule has 0 radical (unpaired) electrons. The molecule has 0 fully saturated rings. The molecule has 4 aromatic rings. The molecule has 1 amide bonds. The van der Waals surface area contributed by atoms with E-state index in [4.69, 9.17) is 10.5 Å². The molecule has 0 saturated carbocycles. The van der Waals surface area contributed by atoms with E-state index in [-0.39, 0.29) is 6.04 Å². The molecule has 32 heavy (non-hydrogen) atoms. The lowest BCUT2D eigenvalue weighted by atomic mass is 9.89. The molecular formula is C24H26N6O2. The summed E-state index contributed by atoms with van der Waals surface area (Å²) in [6.45, 7) is 5.57. The van der Waals surface area contributed by atoms with E-state index < -0.39 is 11.7 Å². The standard InChI is InChI=1S/C24H26N6O2/c1-24(2,3)32-23(31)29-16-8-9-17-19(11-16)30-21(22(25)27-13-28-30)20(17)15-10-14-6-4-5-7-18(14)26-12-15/h4-7,10,12-13,16H,8-9,11H2,1-3H3,(H,29,31)(H2,25,27,28). The highest BCUT2D eigenvalue weighted by Crippen LogP contribution is 2.39. The summed E-state index contributed by atoms with van der Waals surface area (Å²) in [6, 6.07) is 10.1. The molecule has 1 aromatic carbocycles. The number of carbonyl (C=O) groups excluding carboxylic acids is 1. The second-order valence-corrected chi connectivity index (χ2v) is 9.21. The van der Waals surface area contributed by atoms with Gasteiger partial charge in [-0.3, -0.25) is 4.98 Å². The fourth-order valence-electron chi connectivity index (χ4n) is 4.47. The predicted octanol–water partition coefficient (Wildman–Crippen LogP) is 3.91. The Kier molecular flexibility index (Phi) is 4.73. The molecule has 0 aliphatic heterocycles. The van der Waals surface area contributed by atoms with Gasteiger partial charge in [-0.25, -0.2) is 14.3 Å². The number of nitrogens with one attached hydrogen (secondary N) is 1. The van der Waals surface area contributed by atoms with E-state index in [0.717, 1.165) is 46.1 Å². The summed E-state index contributed by atoms with van der Waals surface area (Å²) in [5, 5.41) is 8.57. The van der Waals surface area contributed by atoms with Gasteiger partial charge in [0.2, 0.25) is 0 Å². The Morgan fingerprint density at radius 3 is 2.88 bits per heavy atom. The highest BCUT2D eigenvalue weighted by atomic mass is 16.6. The first-order valence-corrected chi connectivity index (χ1v) is 10.8. The molecule has 8 nitrogen and oxygen atoms in total. The van der Waals surface area contributed by atoms with Gasteiger partial charge in [0, 0.05) is 40.9 Å². The highest BCUT2D eigenvalue weighted by Gasteiger charge is 2.30. The number of ether oxygens (including phenoxy) is 1. The molecule has 0 bridgehead atoms. The maximum Gasteiger partial charge on any atom is 0.407 e. The molecule has 3 N–H and O–H groups in total. The van der Waals surface area contributed by atoms with E-state index in [1.54, 1.807) is 0 Å². The Morgan fingerprint density at radius 1 is 1.25 bits per heavy atom. The minimum atomic E-state index is -0.538. The number of nitrogens with zero attached hydrogens (tertiary/aromatic N) is 4. The van der Waals surface area contributed by atoms with Crippen molar-refractivity contribution in [2.45, 2.75) is 51.7 Å². The zero-order valence-electron chi connectivity index (χ0n) is 18.4. The molecule has 0 saturated heterocycles. The number of amides is 1. The summed E-state index contributed by atoms with van der Waals surface area (Å²) < 4.78 is 7.31. The van der Waals surface area contributed by atoms with Gasteiger partial charge in [-0.2, -0.15) is 5.10 Å². The Hall–Kier alpha value is -3.68. The van der Waals surface area contributed by atoms with E-state index in [9.17, 15) is 4.79 Å². The third-order valence-corrected chi connectivity index (χ3v) is 5.74. The van der Waals surface area contributed by atoms with Crippen LogP contribution in [0.3, 0.4) is 0 Å². The van der Waals surface area contributed by atoms with Gasteiger partial charge in [0.05, 0.1) is 5.52 Å². The van der Waals surface area contributed by atoms with E-state index in [0.29, 0.717) is 12.2 Å². The van der Waals surface area contributed by atoms with Crippen molar-refractivity contribution < 1.29 is 9.53 Å². The maximum absolute atomic E-state index is 12.3. The number of anilines is 1. The van der Waals surface area contributed by atoms with Crippen molar-refractivity contribution >= 4 is 28.3 Å². The molecule has 1 aliphatic carbocycles. The van der Waals surface area contributed by atoms with Crippen LogP contribution in [0.5, 0.6) is 0 Å². The van der Waals surface area contributed by atoms with E-state index in [1.807, 2.05) is 49.7 Å². The van der Waals surface area contributed by atoms with Gasteiger partial charge < -0.3 is 15.8 Å². The van der Waals surface area contributed by atoms with Gasteiger partial charge in [-0.1, -0.05) is 18.2 Å². The second-order valence-electron chi connectivity index (χ2n) is 9.21. The van der Waals surface area contributed by atoms with Crippen LogP contribution in [0, 0.1) is 0 Å². The normalized spacial score (nSPS) is 16.2. The van der Waals surface area contributed by atoms with Crippen molar-refractivity contribution in [3.05, 3.63) is 54.1 Å². The highest BCUT2D eigenvalue weighted by molar-refractivity contribution is 5.94. The lowest BCUT2D eigenvalue weighted by molar-refractivity contribution is 0.0500. The number of para-hydroxylation sites is 1. The number of nitrogen functional groups attached to an aromatic ring is 1. The van der Waals surface area contributed by atoms with Crippen molar-refractivity contribution in [2.75, 3.05) is 5.73 Å². The fourth-order valence-corrected chi connectivity index (χ4v) is 4.47. The first-order valence-electron chi connectivity index (χ1n) is 10.8. The summed E-state index contributed by atoms with van der Waals surface area (Å²) in [5.74, 6) is 0.425. The number of carbonyl (C=O) groups is 1. The number of hydrogen-bond donors (Lipinski definition) is 2. The molecule has 5 rings (SSSR count). The zero-order chi connectivity index (χ0) is 22.5. The van der Waals surface area contributed by atoms with Gasteiger partial charge in [0.15, 0.2) is 5.82 Å². The summed E-state index contributed by atoms with van der Waals surface area (Å²) >= 11 is 0. The van der Waals surface area contributed by atoms with Crippen LogP contribution < -0.4 is 11.1 Å². The number of aromatic nitrogens is 4.